The second kappa shape index (κ2) is 7.74. The predicted molar refractivity (Wildman–Crippen MR) is 76.8 cm³/mol. The van der Waals surface area contributed by atoms with Crippen LogP contribution in [0.2, 0.25) is 0 Å². The number of rotatable bonds is 5. The van der Waals surface area contributed by atoms with Crippen molar-refractivity contribution in [1.82, 2.24) is 10.2 Å². The second-order valence-electron chi connectivity index (χ2n) is 4.80. The van der Waals surface area contributed by atoms with E-state index in [0.717, 1.165) is 12.1 Å². The molecule has 1 N–H and O–H groups in total. The first-order valence-electron chi connectivity index (χ1n) is 6.93. The zero-order valence-electron chi connectivity index (χ0n) is 12.1. The fourth-order valence-corrected chi connectivity index (χ4v) is 2.05. The standard InChI is InChI=1S/C15H18F2N2O3/c1-2-5-18-15(20)19-6-7-21-12(9-19)10-22-14-4-3-11(16)8-13(14)17/h2-4,8,12H,1,5-7,9-10H2,(H,18,20). The Morgan fingerprint density at radius 2 is 2.36 bits per heavy atom. The monoisotopic (exact) mass is 312 g/mol. The molecule has 22 heavy (non-hydrogen) atoms. The molecule has 0 aliphatic carbocycles. The molecule has 1 aromatic carbocycles. The lowest BCUT2D eigenvalue weighted by atomic mass is 10.3. The molecule has 0 radical (unpaired) electrons. The summed E-state index contributed by atoms with van der Waals surface area (Å²) in [6.45, 7) is 5.19. The van der Waals surface area contributed by atoms with Gasteiger partial charge in [-0.3, -0.25) is 0 Å². The number of halogens is 2. The molecule has 0 spiro atoms. The Morgan fingerprint density at radius 3 is 3.09 bits per heavy atom. The Hall–Kier alpha value is -2.15. The van der Waals surface area contributed by atoms with E-state index in [0.29, 0.717) is 26.2 Å². The van der Waals surface area contributed by atoms with Crippen molar-refractivity contribution in [2.24, 2.45) is 0 Å². The van der Waals surface area contributed by atoms with Gasteiger partial charge in [-0.2, -0.15) is 0 Å². The number of hydrogen-bond acceptors (Lipinski definition) is 3. The van der Waals surface area contributed by atoms with E-state index in [9.17, 15) is 13.6 Å². The first-order valence-corrected chi connectivity index (χ1v) is 6.93. The fraction of sp³-hybridized carbons (Fsp3) is 0.400. The third-order valence-corrected chi connectivity index (χ3v) is 3.14. The van der Waals surface area contributed by atoms with Gasteiger partial charge in [0, 0.05) is 19.2 Å². The first-order chi connectivity index (χ1) is 10.6. The van der Waals surface area contributed by atoms with Gasteiger partial charge < -0.3 is 19.7 Å². The molecule has 0 bridgehead atoms. The largest absolute Gasteiger partial charge is 0.488 e. The summed E-state index contributed by atoms with van der Waals surface area (Å²) in [7, 11) is 0. The van der Waals surface area contributed by atoms with Gasteiger partial charge in [-0.15, -0.1) is 6.58 Å². The number of morpholine rings is 1. The van der Waals surface area contributed by atoms with E-state index in [1.54, 1.807) is 11.0 Å². The lowest BCUT2D eigenvalue weighted by Crippen LogP contribution is -2.51. The van der Waals surface area contributed by atoms with Gasteiger partial charge in [-0.25, -0.2) is 13.6 Å². The Morgan fingerprint density at radius 1 is 1.55 bits per heavy atom. The molecule has 1 heterocycles. The topological polar surface area (TPSA) is 50.8 Å². The quantitative estimate of drug-likeness (QED) is 0.846. The Bertz CT molecular complexity index is 540. The van der Waals surface area contributed by atoms with Crippen molar-refractivity contribution in [3.63, 3.8) is 0 Å². The van der Waals surface area contributed by atoms with Gasteiger partial charge in [0.25, 0.3) is 0 Å². The van der Waals surface area contributed by atoms with Gasteiger partial charge in [-0.1, -0.05) is 6.08 Å². The number of nitrogens with one attached hydrogen (secondary N) is 1. The van der Waals surface area contributed by atoms with Crippen LogP contribution >= 0.6 is 0 Å². The molecule has 0 aromatic heterocycles. The molecule has 1 aliphatic rings. The van der Waals surface area contributed by atoms with Crippen LogP contribution in [0.15, 0.2) is 30.9 Å². The van der Waals surface area contributed by atoms with E-state index in [2.05, 4.69) is 11.9 Å². The number of ether oxygens (including phenoxy) is 2. The van der Waals surface area contributed by atoms with Gasteiger partial charge >= 0.3 is 6.03 Å². The molecule has 120 valence electrons. The maximum atomic E-state index is 13.5. The van der Waals surface area contributed by atoms with Crippen LogP contribution < -0.4 is 10.1 Å². The zero-order chi connectivity index (χ0) is 15.9. The van der Waals surface area contributed by atoms with Gasteiger partial charge in [0.05, 0.1) is 13.2 Å². The minimum Gasteiger partial charge on any atom is -0.488 e. The molecular weight excluding hydrogens is 294 g/mol. The highest BCUT2D eigenvalue weighted by atomic mass is 19.1. The van der Waals surface area contributed by atoms with Crippen LogP contribution in [0.4, 0.5) is 13.6 Å². The summed E-state index contributed by atoms with van der Waals surface area (Å²) in [6, 6.07) is 2.89. The lowest BCUT2D eigenvalue weighted by molar-refractivity contribution is -0.0356. The molecule has 0 saturated carbocycles. The van der Waals surface area contributed by atoms with Crippen LogP contribution in [0.25, 0.3) is 0 Å². The number of carbonyl (C=O) groups excluding carboxylic acids is 1. The highest BCUT2D eigenvalue weighted by Gasteiger charge is 2.24. The molecule has 5 nitrogen and oxygen atoms in total. The van der Waals surface area contributed by atoms with Gasteiger partial charge in [0.15, 0.2) is 11.6 Å². The average Bonchev–Trinajstić information content (AvgIpc) is 2.52. The van der Waals surface area contributed by atoms with E-state index in [1.165, 1.54) is 6.07 Å². The minimum absolute atomic E-state index is 0.0433. The summed E-state index contributed by atoms with van der Waals surface area (Å²) >= 11 is 0. The van der Waals surface area contributed by atoms with Gasteiger partial charge in [0.2, 0.25) is 0 Å². The number of carbonyl (C=O) groups is 1. The van der Waals surface area contributed by atoms with Crippen molar-refractivity contribution < 1.29 is 23.0 Å². The number of urea groups is 1. The number of amides is 2. The smallest absolute Gasteiger partial charge is 0.317 e. The van der Waals surface area contributed by atoms with E-state index in [1.807, 2.05) is 0 Å². The average molecular weight is 312 g/mol. The second-order valence-corrected chi connectivity index (χ2v) is 4.80. The summed E-state index contributed by atoms with van der Waals surface area (Å²) in [5, 5.41) is 2.68. The molecule has 2 amide bonds. The maximum Gasteiger partial charge on any atom is 0.317 e. The maximum absolute atomic E-state index is 13.5. The van der Waals surface area contributed by atoms with Crippen LogP contribution in [0, 0.1) is 11.6 Å². The molecule has 7 heteroatoms. The summed E-state index contributed by atoms with van der Waals surface area (Å²) in [5.41, 5.74) is 0. The van der Waals surface area contributed by atoms with E-state index in [-0.39, 0.29) is 24.5 Å². The number of benzene rings is 1. The molecule has 1 saturated heterocycles. The van der Waals surface area contributed by atoms with E-state index >= 15 is 0 Å². The third-order valence-electron chi connectivity index (χ3n) is 3.14. The van der Waals surface area contributed by atoms with Crippen molar-refractivity contribution in [3.05, 3.63) is 42.5 Å². The fourth-order valence-electron chi connectivity index (χ4n) is 2.05. The molecular formula is C15H18F2N2O3. The predicted octanol–water partition coefficient (Wildman–Crippen LogP) is 1.94. The first kappa shape index (κ1) is 16.2. The molecule has 1 aliphatic heterocycles. The van der Waals surface area contributed by atoms with Crippen LogP contribution in [-0.4, -0.2) is 49.9 Å². The van der Waals surface area contributed by atoms with Crippen LogP contribution in [-0.2, 0) is 4.74 Å². The van der Waals surface area contributed by atoms with Crippen molar-refractivity contribution in [3.8, 4) is 5.75 Å². The molecule has 1 aromatic rings. The minimum atomic E-state index is -0.767. The number of hydrogen-bond donors (Lipinski definition) is 1. The highest BCUT2D eigenvalue weighted by Crippen LogP contribution is 2.18. The SMILES string of the molecule is C=CCNC(=O)N1CCOC(COc2ccc(F)cc2F)C1. The summed E-state index contributed by atoms with van der Waals surface area (Å²) in [4.78, 5) is 13.4. The Balaban J connectivity index is 1.85. The van der Waals surface area contributed by atoms with Crippen molar-refractivity contribution in [2.75, 3.05) is 32.8 Å². The van der Waals surface area contributed by atoms with Crippen molar-refractivity contribution in [1.29, 1.82) is 0 Å². The van der Waals surface area contributed by atoms with E-state index < -0.39 is 11.6 Å². The Kier molecular flexibility index (Phi) is 5.71. The number of nitrogens with zero attached hydrogens (tertiary/aromatic N) is 1. The van der Waals surface area contributed by atoms with E-state index in [4.69, 9.17) is 9.47 Å². The Labute approximate surface area is 127 Å². The van der Waals surface area contributed by atoms with Crippen LogP contribution in [0.1, 0.15) is 0 Å². The van der Waals surface area contributed by atoms with Crippen molar-refractivity contribution >= 4 is 6.03 Å². The molecule has 1 atom stereocenters. The van der Waals surface area contributed by atoms with Gasteiger partial charge in [-0.05, 0) is 12.1 Å². The zero-order valence-corrected chi connectivity index (χ0v) is 12.1. The third kappa shape index (κ3) is 4.42. The molecule has 1 unspecified atom stereocenters. The lowest BCUT2D eigenvalue weighted by Gasteiger charge is -2.32. The van der Waals surface area contributed by atoms with Crippen LogP contribution in [0.5, 0.6) is 5.75 Å². The normalized spacial score (nSPS) is 17.9. The van der Waals surface area contributed by atoms with Crippen LogP contribution in [0.3, 0.4) is 0 Å². The van der Waals surface area contributed by atoms with Gasteiger partial charge in [0.1, 0.15) is 18.5 Å². The highest BCUT2D eigenvalue weighted by molar-refractivity contribution is 5.74. The molecule has 2 rings (SSSR count). The van der Waals surface area contributed by atoms with Crippen molar-refractivity contribution in [2.45, 2.75) is 6.10 Å². The summed E-state index contributed by atoms with van der Waals surface area (Å²) in [6.07, 6.45) is 1.23. The molecule has 1 fully saturated rings. The summed E-state index contributed by atoms with van der Waals surface area (Å²) in [5.74, 6) is -1.47. The summed E-state index contributed by atoms with van der Waals surface area (Å²) < 4.78 is 37.0.